The van der Waals surface area contributed by atoms with E-state index in [-0.39, 0.29) is 11.8 Å². The molecule has 0 bridgehead atoms. The van der Waals surface area contributed by atoms with Crippen molar-refractivity contribution in [1.29, 1.82) is 0 Å². The lowest BCUT2D eigenvalue weighted by Crippen LogP contribution is -2.33. The summed E-state index contributed by atoms with van der Waals surface area (Å²) in [6, 6.07) is 7.39. The first-order valence-corrected chi connectivity index (χ1v) is 7.66. The quantitative estimate of drug-likeness (QED) is 0.817. The van der Waals surface area contributed by atoms with E-state index >= 15 is 0 Å². The van der Waals surface area contributed by atoms with Gasteiger partial charge in [0.2, 0.25) is 5.91 Å². The molecule has 1 aromatic carbocycles. The van der Waals surface area contributed by atoms with Gasteiger partial charge in [-0.15, -0.1) is 0 Å². The summed E-state index contributed by atoms with van der Waals surface area (Å²) in [5.74, 6) is 1.11. The van der Waals surface area contributed by atoms with Crippen molar-refractivity contribution in [3.05, 3.63) is 29.8 Å². The smallest absolute Gasteiger partial charge is 0.224 e. The van der Waals surface area contributed by atoms with E-state index in [0.29, 0.717) is 23.8 Å². The second kappa shape index (κ2) is 7.25. The molecule has 0 unspecified atom stereocenters. The maximum atomic E-state index is 11.9. The van der Waals surface area contributed by atoms with Crippen LogP contribution in [0.5, 0.6) is 0 Å². The lowest BCUT2D eigenvalue weighted by atomic mass is 9.80. The minimum absolute atomic E-state index is 0.0495. The number of carbonyl (C=O) groups excluding carboxylic acids is 2. The van der Waals surface area contributed by atoms with Crippen LogP contribution >= 0.6 is 0 Å². The Hall–Kier alpha value is -1.84. The summed E-state index contributed by atoms with van der Waals surface area (Å²) in [7, 11) is 0. The molecule has 0 aromatic heterocycles. The molecule has 0 spiro atoms. The van der Waals surface area contributed by atoms with Crippen molar-refractivity contribution in [3.63, 3.8) is 0 Å². The van der Waals surface area contributed by atoms with Crippen molar-refractivity contribution < 1.29 is 9.59 Å². The van der Waals surface area contributed by atoms with E-state index in [2.05, 4.69) is 5.32 Å². The molecule has 4 nitrogen and oxygen atoms in total. The van der Waals surface area contributed by atoms with Crippen LogP contribution in [0.3, 0.4) is 0 Å². The number of rotatable bonds is 5. The number of benzene rings is 1. The number of hydrogen-bond donors (Lipinski definition) is 2. The first-order chi connectivity index (χ1) is 10.0. The third-order valence-corrected chi connectivity index (χ3v) is 4.35. The highest BCUT2D eigenvalue weighted by Crippen LogP contribution is 2.28. The summed E-state index contributed by atoms with van der Waals surface area (Å²) >= 11 is 0. The largest absolute Gasteiger partial charge is 0.399 e. The van der Waals surface area contributed by atoms with Gasteiger partial charge in [-0.05, 0) is 56.2 Å². The van der Waals surface area contributed by atoms with E-state index in [1.165, 1.54) is 0 Å². The van der Waals surface area contributed by atoms with Gasteiger partial charge in [0.05, 0.1) is 6.42 Å². The first-order valence-electron chi connectivity index (χ1n) is 7.66. The van der Waals surface area contributed by atoms with E-state index in [9.17, 15) is 9.59 Å². The average molecular weight is 288 g/mol. The normalized spacial score (nSPS) is 21.8. The summed E-state index contributed by atoms with van der Waals surface area (Å²) in [6.45, 7) is 2.40. The Balaban J connectivity index is 1.70. The average Bonchev–Trinajstić information content (AvgIpc) is 2.48. The molecule has 21 heavy (non-hydrogen) atoms. The number of anilines is 1. The van der Waals surface area contributed by atoms with Crippen LogP contribution in [0.1, 0.15) is 38.2 Å². The highest BCUT2D eigenvalue weighted by molar-refractivity contribution is 5.79. The van der Waals surface area contributed by atoms with E-state index in [1.54, 1.807) is 6.92 Å². The topological polar surface area (TPSA) is 72.2 Å². The highest BCUT2D eigenvalue weighted by Gasteiger charge is 2.24. The number of Topliss-reactive ketones (excluding diaryl/α,β-unsaturated/α-hetero) is 1. The number of hydrogen-bond acceptors (Lipinski definition) is 3. The van der Waals surface area contributed by atoms with Crippen LogP contribution in [-0.2, 0) is 16.0 Å². The Morgan fingerprint density at radius 1 is 1.14 bits per heavy atom. The van der Waals surface area contributed by atoms with Crippen molar-refractivity contribution >= 4 is 17.4 Å². The predicted octanol–water partition coefficient (Wildman–Crippen LogP) is 2.32. The van der Waals surface area contributed by atoms with Crippen LogP contribution in [0.4, 0.5) is 5.69 Å². The van der Waals surface area contributed by atoms with Crippen molar-refractivity contribution in [2.45, 2.75) is 39.0 Å². The molecular formula is C17H24N2O2. The molecule has 1 aliphatic carbocycles. The Kier molecular flexibility index (Phi) is 5.37. The monoisotopic (exact) mass is 288 g/mol. The van der Waals surface area contributed by atoms with Gasteiger partial charge < -0.3 is 11.1 Å². The zero-order valence-corrected chi connectivity index (χ0v) is 12.6. The van der Waals surface area contributed by atoms with Crippen molar-refractivity contribution in [1.82, 2.24) is 5.32 Å². The molecule has 1 aromatic rings. The van der Waals surface area contributed by atoms with Gasteiger partial charge in [0.25, 0.3) is 0 Å². The summed E-state index contributed by atoms with van der Waals surface area (Å²) in [6.07, 6.45) is 4.39. The van der Waals surface area contributed by atoms with Gasteiger partial charge in [-0.3, -0.25) is 9.59 Å². The van der Waals surface area contributed by atoms with E-state index in [1.807, 2.05) is 24.3 Å². The van der Waals surface area contributed by atoms with Crippen LogP contribution in [-0.4, -0.2) is 18.2 Å². The van der Waals surface area contributed by atoms with Crippen molar-refractivity contribution in [2.24, 2.45) is 11.8 Å². The molecule has 1 amide bonds. The number of nitrogens with one attached hydrogen (secondary N) is 1. The molecule has 0 heterocycles. The van der Waals surface area contributed by atoms with Crippen LogP contribution in [0, 0.1) is 11.8 Å². The summed E-state index contributed by atoms with van der Waals surface area (Å²) in [5.41, 5.74) is 7.31. The third kappa shape index (κ3) is 4.88. The predicted molar refractivity (Wildman–Crippen MR) is 83.7 cm³/mol. The Labute approximate surface area is 126 Å². The zero-order chi connectivity index (χ0) is 15.2. The second-order valence-electron chi connectivity index (χ2n) is 6.05. The number of carbonyl (C=O) groups is 2. The Morgan fingerprint density at radius 2 is 1.76 bits per heavy atom. The van der Waals surface area contributed by atoms with E-state index in [4.69, 9.17) is 5.73 Å². The van der Waals surface area contributed by atoms with Gasteiger partial charge in [-0.1, -0.05) is 12.1 Å². The standard InChI is InChI=1S/C17H24N2O2/c1-12(20)15-6-2-14(3-7-15)11-19-17(21)10-13-4-8-16(18)9-5-13/h4-5,8-9,14-15H,2-3,6-7,10-11,18H2,1H3,(H,19,21). The van der Waals surface area contributed by atoms with E-state index in [0.717, 1.165) is 37.8 Å². The molecule has 3 N–H and O–H groups in total. The van der Waals surface area contributed by atoms with Crippen LogP contribution in [0.15, 0.2) is 24.3 Å². The number of amides is 1. The summed E-state index contributed by atoms with van der Waals surface area (Å²) in [5, 5.41) is 3.00. The lowest BCUT2D eigenvalue weighted by molar-refractivity contribution is -0.123. The number of ketones is 1. The lowest BCUT2D eigenvalue weighted by Gasteiger charge is -2.27. The fraction of sp³-hybridized carbons (Fsp3) is 0.529. The van der Waals surface area contributed by atoms with Gasteiger partial charge in [0, 0.05) is 18.2 Å². The van der Waals surface area contributed by atoms with Gasteiger partial charge >= 0.3 is 0 Å². The Bertz CT molecular complexity index is 488. The maximum Gasteiger partial charge on any atom is 0.224 e. The van der Waals surface area contributed by atoms with Gasteiger partial charge in [-0.2, -0.15) is 0 Å². The molecule has 114 valence electrons. The molecule has 1 fully saturated rings. The van der Waals surface area contributed by atoms with Gasteiger partial charge in [0.15, 0.2) is 0 Å². The van der Waals surface area contributed by atoms with Gasteiger partial charge in [-0.25, -0.2) is 0 Å². The number of nitrogens with two attached hydrogens (primary N) is 1. The van der Waals surface area contributed by atoms with Crippen molar-refractivity contribution in [3.8, 4) is 0 Å². The molecular weight excluding hydrogens is 264 g/mol. The fourth-order valence-corrected chi connectivity index (χ4v) is 2.91. The maximum absolute atomic E-state index is 11.9. The molecule has 0 aliphatic heterocycles. The number of nitrogen functional groups attached to an aromatic ring is 1. The Morgan fingerprint density at radius 3 is 2.33 bits per heavy atom. The van der Waals surface area contributed by atoms with Crippen molar-refractivity contribution in [2.75, 3.05) is 12.3 Å². The third-order valence-electron chi connectivity index (χ3n) is 4.35. The zero-order valence-electron chi connectivity index (χ0n) is 12.6. The van der Waals surface area contributed by atoms with Crippen LogP contribution in [0.25, 0.3) is 0 Å². The molecule has 0 radical (unpaired) electrons. The summed E-state index contributed by atoms with van der Waals surface area (Å²) < 4.78 is 0. The first kappa shape index (κ1) is 15.5. The molecule has 0 saturated heterocycles. The molecule has 1 saturated carbocycles. The fourth-order valence-electron chi connectivity index (χ4n) is 2.91. The second-order valence-corrected chi connectivity index (χ2v) is 6.05. The molecule has 4 heteroatoms. The van der Waals surface area contributed by atoms with Crippen LogP contribution < -0.4 is 11.1 Å². The molecule has 1 aliphatic rings. The summed E-state index contributed by atoms with van der Waals surface area (Å²) in [4.78, 5) is 23.2. The minimum atomic E-state index is 0.0495. The van der Waals surface area contributed by atoms with Gasteiger partial charge in [0.1, 0.15) is 5.78 Å². The van der Waals surface area contributed by atoms with Crippen LogP contribution in [0.2, 0.25) is 0 Å². The molecule has 2 rings (SSSR count). The highest BCUT2D eigenvalue weighted by atomic mass is 16.1. The van der Waals surface area contributed by atoms with E-state index < -0.39 is 0 Å². The minimum Gasteiger partial charge on any atom is -0.399 e. The molecule has 0 atom stereocenters. The SMILES string of the molecule is CC(=O)C1CCC(CNC(=O)Cc2ccc(N)cc2)CC1.